The normalized spacial score (nSPS) is 11.8. The van der Waals surface area contributed by atoms with E-state index in [0.717, 1.165) is 0 Å². The summed E-state index contributed by atoms with van der Waals surface area (Å²) < 4.78 is 26.8. The Labute approximate surface area is 149 Å². The van der Waals surface area contributed by atoms with Gasteiger partial charge in [-0.25, -0.2) is 13.1 Å². The van der Waals surface area contributed by atoms with Gasteiger partial charge in [-0.15, -0.1) is 0 Å². The zero-order valence-corrected chi connectivity index (χ0v) is 15.8. The van der Waals surface area contributed by atoms with Crippen molar-refractivity contribution in [2.45, 2.75) is 45.1 Å². The molecule has 0 saturated carbocycles. The average molecular weight is 370 g/mol. The van der Waals surface area contributed by atoms with Gasteiger partial charge in [-0.3, -0.25) is 9.59 Å². The number of sulfonamides is 1. The second-order valence-electron chi connectivity index (χ2n) is 6.51. The van der Waals surface area contributed by atoms with Gasteiger partial charge in [-0.1, -0.05) is 13.8 Å². The topological polar surface area (TPSA) is 104 Å². The predicted octanol–water partition coefficient (Wildman–Crippen LogP) is 1.95. The minimum absolute atomic E-state index is 0.0892. The van der Waals surface area contributed by atoms with Crippen LogP contribution in [0.4, 0.5) is 0 Å². The zero-order valence-electron chi connectivity index (χ0n) is 15.0. The minimum atomic E-state index is -3.61. The highest BCUT2D eigenvalue weighted by Crippen LogP contribution is 2.14. The SMILES string of the molecule is CC(C)CNS(=O)(=O)c1ccc(C(=O)N(CCC(=O)O)C(C)C)cc1. The first kappa shape index (κ1) is 21.1. The molecule has 140 valence electrons. The van der Waals surface area contributed by atoms with Gasteiger partial charge in [-0.05, 0) is 44.0 Å². The van der Waals surface area contributed by atoms with Crippen molar-refractivity contribution in [3.05, 3.63) is 29.8 Å². The van der Waals surface area contributed by atoms with Crippen molar-refractivity contribution in [1.82, 2.24) is 9.62 Å². The molecule has 25 heavy (non-hydrogen) atoms. The van der Waals surface area contributed by atoms with Crippen LogP contribution in [0.3, 0.4) is 0 Å². The smallest absolute Gasteiger partial charge is 0.305 e. The molecular formula is C17H26N2O5S. The fourth-order valence-corrected chi connectivity index (χ4v) is 3.33. The molecule has 0 aliphatic rings. The standard InChI is InChI=1S/C17H26N2O5S/c1-12(2)11-18-25(23,24)15-7-5-14(6-8-15)17(22)19(13(3)4)10-9-16(20)21/h5-8,12-13,18H,9-11H2,1-4H3,(H,20,21). The maximum Gasteiger partial charge on any atom is 0.305 e. The first-order valence-corrected chi connectivity index (χ1v) is 9.65. The van der Waals surface area contributed by atoms with Crippen molar-refractivity contribution in [2.75, 3.05) is 13.1 Å². The molecule has 0 bridgehead atoms. The number of nitrogens with one attached hydrogen (secondary N) is 1. The number of carbonyl (C=O) groups is 2. The third-order valence-corrected chi connectivity index (χ3v) is 4.98. The molecule has 1 rings (SSSR count). The van der Waals surface area contributed by atoms with E-state index in [1.165, 1.54) is 29.2 Å². The molecule has 8 heteroatoms. The van der Waals surface area contributed by atoms with E-state index in [9.17, 15) is 18.0 Å². The summed E-state index contributed by atoms with van der Waals surface area (Å²) in [6.07, 6.45) is -0.143. The van der Waals surface area contributed by atoms with Crippen molar-refractivity contribution in [3.63, 3.8) is 0 Å². The maximum atomic E-state index is 12.5. The lowest BCUT2D eigenvalue weighted by molar-refractivity contribution is -0.137. The second-order valence-corrected chi connectivity index (χ2v) is 8.27. The third-order valence-electron chi connectivity index (χ3n) is 3.54. The van der Waals surface area contributed by atoms with Crippen LogP contribution < -0.4 is 4.72 Å². The molecule has 2 N–H and O–H groups in total. The van der Waals surface area contributed by atoms with Crippen LogP contribution in [0, 0.1) is 5.92 Å². The van der Waals surface area contributed by atoms with Crippen LogP contribution >= 0.6 is 0 Å². The molecule has 1 amide bonds. The van der Waals surface area contributed by atoms with E-state index in [1.807, 2.05) is 13.8 Å². The molecule has 0 radical (unpaired) electrons. The van der Waals surface area contributed by atoms with Crippen LogP contribution in [0.15, 0.2) is 29.2 Å². The molecule has 0 unspecified atom stereocenters. The van der Waals surface area contributed by atoms with Crippen molar-refractivity contribution >= 4 is 21.9 Å². The van der Waals surface area contributed by atoms with Gasteiger partial charge in [-0.2, -0.15) is 0 Å². The Balaban J connectivity index is 2.93. The summed E-state index contributed by atoms with van der Waals surface area (Å²) in [4.78, 5) is 24.8. The molecule has 0 heterocycles. The van der Waals surface area contributed by atoms with E-state index in [1.54, 1.807) is 13.8 Å². The molecule has 1 aromatic rings. The van der Waals surface area contributed by atoms with Crippen LogP contribution in [0.25, 0.3) is 0 Å². The lowest BCUT2D eigenvalue weighted by Crippen LogP contribution is -2.38. The zero-order chi connectivity index (χ0) is 19.2. The van der Waals surface area contributed by atoms with Crippen molar-refractivity contribution in [1.29, 1.82) is 0 Å². The Morgan fingerprint density at radius 2 is 1.68 bits per heavy atom. The average Bonchev–Trinajstić information content (AvgIpc) is 2.52. The molecule has 0 aliphatic heterocycles. The molecule has 1 aromatic carbocycles. The Morgan fingerprint density at radius 3 is 2.12 bits per heavy atom. The van der Waals surface area contributed by atoms with E-state index in [2.05, 4.69) is 4.72 Å². The molecule has 0 atom stereocenters. The largest absolute Gasteiger partial charge is 0.481 e. The van der Waals surface area contributed by atoms with Gasteiger partial charge in [0, 0.05) is 24.7 Å². The first-order chi connectivity index (χ1) is 11.5. The molecule has 0 fully saturated rings. The number of hydrogen-bond acceptors (Lipinski definition) is 4. The maximum absolute atomic E-state index is 12.5. The van der Waals surface area contributed by atoms with Gasteiger partial charge in [0.25, 0.3) is 5.91 Å². The summed E-state index contributed by atoms with van der Waals surface area (Å²) in [7, 11) is -3.61. The molecule has 7 nitrogen and oxygen atoms in total. The minimum Gasteiger partial charge on any atom is -0.481 e. The lowest BCUT2D eigenvalue weighted by atomic mass is 10.1. The van der Waals surface area contributed by atoms with Gasteiger partial charge in [0.1, 0.15) is 0 Å². The fourth-order valence-electron chi connectivity index (χ4n) is 2.11. The number of carbonyl (C=O) groups excluding carboxylic acids is 1. The Morgan fingerprint density at radius 1 is 1.12 bits per heavy atom. The van der Waals surface area contributed by atoms with Crippen LogP contribution in [0.5, 0.6) is 0 Å². The number of hydrogen-bond donors (Lipinski definition) is 2. The van der Waals surface area contributed by atoms with Gasteiger partial charge in [0.15, 0.2) is 0 Å². The number of benzene rings is 1. The van der Waals surface area contributed by atoms with Crippen LogP contribution in [0.2, 0.25) is 0 Å². The summed E-state index contributed by atoms with van der Waals surface area (Å²) in [6.45, 7) is 7.84. The summed E-state index contributed by atoms with van der Waals surface area (Å²) in [5.74, 6) is -1.11. The summed E-state index contributed by atoms with van der Waals surface area (Å²) in [5, 5.41) is 8.80. The number of amides is 1. The number of nitrogens with zero attached hydrogens (tertiary/aromatic N) is 1. The van der Waals surface area contributed by atoms with Gasteiger partial charge < -0.3 is 10.0 Å². The number of rotatable bonds is 9. The number of carboxylic acid groups (broad SMARTS) is 1. The van der Waals surface area contributed by atoms with Crippen LogP contribution in [-0.2, 0) is 14.8 Å². The van der Waals surface area contributed by atoms with Gasteiger partial charge in [0.2, 0.25) is 10.0 Å². The summed E-state index contributed by atoms with van der Waals surface area (Å²) in [6, 6.07) is 5.49. The van der Waals surface area contributed by atoms with E-state index >= 15 is 0 Å². The molecule has 0 aliphatic carbocycles. The van der Waals surface area contributed by atoms with E-state index in [-0.39, 0.29) is 35.7 Å². The van der Waals surface area contributed by atoms with Crippen molar-refractivity contribution < 1.29 is 23.1 Å². The third kappa shape index (κ3) is 6.47. The second kappa shape index (κ2) is 8.96. The van der Waals surface area contributed by atoms with E-state index in [4.69, 9.17) is 5.11 Å². The molecular weight excluding hydrogens is 344 g/mol. The Hall–Kier alpha value is -1.93. The van der Waals surface area contributed by atoms with E-state index in [0.29, 0.717) is 12.1 Å². The van der Waals surface area contributed by atoms with Crippen LogP contribution in [0.1, 0.15) is 44.5 Å². The molecule has 0 saturated heterocycles. The first-order valence-electron chi connectivity index (χ1n) is 8.17. The highest BCUT2D eigenvalue weighted by molar-refractivity contribution is 7.89. The highest BCUT2D eigenvalue weighted by Gasteiger charge is 2.21. The van der Waals surface area contributed by atoms with Crippen molar-refractivity contribution in [2.24, 2.45) is 5.92 Å². The Bertz CT molecular complexity index is 696. The van der Waals surface area contributed by atoms with E-state index < -0.39 is 16.0 Å². The van der Waals surface area contributed by atoms with Crippen LogP contribution in [-0.4, -0.2) is 49.4 Å². The molecule has 0 spiro atoms. The number of aliphatic carboxylic acids is 1. The highest BCUT2D eigenvalue weighted by atomic mass is 32.2. The quantitative estimate of drug-likeness (QED) is 0.691. The monoisotopic (exact) mass is 370 g/mol. The predicted molar refractivity (Wildman–Crippen MR) is 94.9 cm³/mol. The van der Waals surface area contributed by atoms with Crippen molar-refractivity contribution in [3.8, 4) is 0 Å². The fraction of sp³-hybridized carbons (Fsp3) is 0.529. The Kier molecular flexibility index (Phi) is 7.57. The van der Waals surface area contributed by atoms with Gasteiger partial charge >= 0.3 is 5.97 Å². The lowest BCUT2D eigenvalue weighted by Gasteiger charge is -2.26. The summed E-state index contributed by atoms with van der Waals surface area (Å²) >= 11 is 0. The van der Waals surface area contributed by atoms with Gasteiger partial charge in [0.05, 0.1) is 11.3 Å². The number of carboxylic acids is 1. The summed E-state index contributed by atoms with van der Waals surface area (Å²) in [5.41, 5.74) is 0.321. The molecule has 0 aromatic heterocycles.